The third kappa shape index (κ3) is 4.18. The first kappa shape index (κ1) is 16.2. The largest absolute Gasteiger partial charge is 0.374 e. The highest BCUT2D eigenvalue weighted by atomic mass is 35.5. The molecule has 2 rings (SSSR count). The molecule has 3 nitrogen and oxygen atoms in total. The van der Waals surface area contributed by atoms with E-state index >= 15 is 0 Å². The van der Waals surface area contributed by atoms with Crippen molar-refractivity contribution in [1.29, 1.82) is 0 Å². The summed E-state index contributed by atoms with van der Waals surface area (Å²) in [6, 6.07) is 2.19. The first-order valence-corrected chi connectivity index (χ1v) is 8.82. The van der Waals surface area contributed by atoms with Crippen LogP contribution in [0.2, 0.25) is 5.02 Å². The van der Waals surface area contributed by atoms with E-state index in [9.17, 15) is 0 Å². The second-order valence-corrected chi connectivity index (χ2v) is 6.63. The minimum atomic E-state index is 0.193. The van der Waals surface area contributed by atoms with Crippen molar-refractivity contribution in [3.05, 3.63) is 21.3 Å². The van der Waals surface area contributed by atoms with Crippen molar-refractivity contribution in [2.24, 2.45) is 0 Å². The number of thiophene rings is 1. The highest BCUT2D eigenvalue weighted by Crippen LogP contribution is 2.32. The fraction of sp³-hybridized carbons (Fsp3) is 0.733. The zero-order valence-corrected chi connectivity index (χ0v) is 14.0. The average Bonchev–Trinajstić information content (AvgIpc) is 2.87. The van der Waals surface area contributed by atoms with E-state index in [2.05, 4.69) is 29.4 Å². The fourth-order valence-corrected chi connectivity index (χ4v) is 3.97. The maximum atomic E-state index is 6.33. The average molecular weight is 317 g/mol. The van der Waals surface area contributed by atoms with E-state index in [4.69, 9.17) is 16.3 Å². The van der Waals surface area contributed by atoms with Crippen molar-refractivity contribution in [3.63, 3.8) is 0 Å². The Morgan fingerprint density at radius 3 is 3.00 bits per heavy atom. The summed E-state index contributed by atoms with van der Waals surface area (Å²) in [4.78, 5) is 3.71. The van der Waals surface area contributed by atoms with Crippen LogP contribution in [0.3, 0.4) is 0 Å². The minimum Gasteiger partial charge on any atom is -0.374 e. The van der Waals surface area contributed by atoms with E-state index in [1.54, 1.807) is 11.3 Å². The van der Waals surface area contributed by atoms with Gasteiger partial charge in [-0.1, -0.05) is 25.4 Å². The quantitative estimate of drug-likeness (QED) is 0.832. The third-order valence-electron chi connectivity index (χ3n) is 3.63. The van der Waals surface area contributed by atoms with E-state index in [1.807, 2.05) is 6.07 Å². The molecule has 5 heteroatoms. The van der Waals surface area contributed by atoms with Gasteiger partial charge in [-0.2, -0.15) is 0 Å². The molecule has 1 aliphatic rings. The van der Waals surface area contributed by atoms with E-state index in [0.29, 0.717) is 0 Å². The number of hydrogen-bond acceptors (Lipinski definition) is 4. The Hall–Kier alpha value is -0.130. The summed E-state index contributed by atoms with van der Waals surface area (Å²) in [5, 5.41) is 6.54. The number of rotatable bonds is 7. The molecule has 1 aromatic rings. The lowest BCUT2D eigenvalue weighted by Crippen LogP contribution is -2.48. The van der Waals surface area contributed by atoms with Crippen molar-refractivity contribution in [2.75, 3.05) is 32.8 Å². The van der Waals surface area contributed by atoms with Gasteiger partial charge in [-0.25, -0.2) is 0 Å². The second-order valence-electron chi connectivity index (χ2n) is 5.27. The number of halogens is 1. The first-order chi connectivity index (χ1) is 9.76. The fourth-order valence-electron chi connectivity index (χ4n) is 2.67. The third-order valence-corrected chi connectivity index (χ3v) is 5.07. The second kappa shape index (κ2) is 8.35. The summed E-state index contributed by atoms with van der Waals surface area (Å²) in [6.45, 7) is 9.41. The monoisotopic (exact) mass is 316 g/mol. The molecule has 1 N–H and O–H groups in total. The molecule has 1 fully saturated rings. The Balaban J connectivity index is 2.07. The van der Waals surface area contributed by atoms with Gasteiger partial charge in [0, 0.05) is 18.0 Å². The van der Waals surface area contributed by atoms with Gasteiger partial charge in [-0.15, -0.1) is 11.3 Å². The lowest BCUT2D eigenvalue weighted by molar-refractivity contribution is -0.0464. The van der Waals surface area contributed by atoms with Gasteiger partial charge in [0.05, 0.1) is 23.8 Å². The molecule has 0 amide bonds. The number of ether oxygens (including phenoxy) is 1. The van der Waals surface area contributed by atoms with Gasteiger partial charge < -0.3 is 10.1 Å². The van der Waals surface area contributed by atoms with Crippen molar-refractivity contribution >= 4 is 22.9 Å². The van der Waals surface area contributed by atoms with E-state index < -0.39 is 0 Å². The SMILES string of the molecule is CCCNC(c1sccc1Cl)C1CN(CCC)CCO1. The van der Waals surface area contributed by atoms with Crippen LogP contribution in [-0.4, -0.2) is 43.8 Å². The number of nitrogens with zero attached hydrogens (tertiary/aromatic N) is 1. The summed E-state index contributed by atoms with van der Waals surface area (Å²) >= 11 is 8.05. The maximum absolute atomic E-state index is 6.33. The number of morpholine rings is 1. The molecule has 0 saturated carbocycles. The molecule has 0 radical (unpaired) electrons. The molecule has 0 aliphatic carbocycles. The van der Waals surface area contributed by atoms with Crippen molar-refractivity contribution in [1.82, 2.24) is 10.2 Å². The van der Waals surface area contributed by atoms with Gasteiger partial charge >= 0.3 is 0 Å². The standard InChI is InChI=1S/C15H25ClN2OS/c1-3-6-17-14(15-12(16)5-10-20-15)13-11-18(7-4-2)8-9-19-13/h5,10,13-14,17H,3-4,6-9,11H2,1-2H3. The number of hydrogen-bond donors (Lipinski definition) is 1. The van der Waals surface area contributed by atoms with Gasteiger partial charge in [0.15, 0.2) is 0 Å². The van der Waals surface area contributed by atoms with Crippen LogP contribution in [0.5, 0.6) is 0 Å². The highest BCUT2D eigenvalue weighted by molar-refractivity contribution is 7.10. The Labute approximate surface area is 131 Å². The summed E-state index contributed by atoms with van der Waals surface area (Å²) in [5.41, 5.74) is 0. The molecule has 0 aromatic carbocycles. The first-order valence-electron chi connectivity index (χ1n) is 7.56. The summed E-state index contributed by atoms with van der Waals surface area (Å²) in [7, 11) is 0. The van der Waals surface area contributed by atoms with E-state index in [1.165, 1.54) is 11.3 Å². The molecule has 1 saturated heterocycles. The summed E-state index contributed by atoms with van der Waals surface area (Å²) in [5.74, 6) is 0. The van der Waals surface area contributed by atoms with Crippen molar-refractivity contribution in [3.8, 4) is 0 Å². The topological polar surface area (TPSA) is 24.5 Å². The molecule has 114 valence electrons. The molecular formula is C15H25ClN2OS. The van der Waals surface area contributed by atoms with Gasteiger partial charge in [0.2, 0.25) is 0 Å². The Morgan fingerprint density at radius 2 is 2.35 bits per heavy atom. The highest BCUT2D eigenvalue weighted by Gasteiger charge is 2.30. The van der Waals surface area contributed by atoms with E-state index in [-0.39, 0.29) is 12.1 Å². The van der Waals surface area contributed by atoms with Gasteiger partial charge in [-0.05, 0) is 37.4 Å². The molecule has 2 heterocycles. The predicted molar refractivity (Wildman–Crippen MR) is 86.8 cm³/mol. The van der Waals surface area contributed by atoms with Crippen molar-refractivity contribution in [2.45, 2.75) is 38.8 Å². The Morgan fingerprint density at radius 1 is 1.50 bits per heavy atom. The minimum absolute atomic E-state index is 0.193. The molecule has 0 spiro atoms. The van der Waals surface area contributed by atoms with Crippen LogP contribution in [0.25, 0.3) is 0 Å². The molecule has 0 bridgehead atoms. The van der Waals surface area contributed by atoms with Crippen LogP contribution in [0.15, 0.2) is 11.4 Å². The number of nitrogens with one attached hydrogen (secondary N) is 1. The molecule has 2 atom stereocenters. The van der Waals surface area contributed by atoms with Crippen LogP contribution < -0.4 is 5.32 Å². The smallest absolute Gasteiger partial charge is 0.0905 e. The molecular weight excluding hydrogens is 292 g/mol. The van der Waals surface area contributed by atoms with Gasteiger partial charge in [0.25, 0.3) is 0 Å². The van der Waals surface area contributed by atoms with Gasteiger partial charge in [0.1, 0.15) is 0 Å². The van der Waals surface area contributed by atoms with Crippen LogP contribution in [0.4, 0.5) is 0 Å². The molecule has 1 aliphatic heterocycles. The molecule has 20 heavy (non-hydrogen) atoms. The predicted octanol–water partition coefficient (Wildman–Crippen LogP) is 3.55. The summed E-state index contributed by atoms with van der Waals surface area (Å²) < 4.78 is 6.04. The zero-order valence-electron chi connectivity index (χ0n) is 12.4. The van der Waals surface area contributed by atoms with Crippen LogP contribution >= 0.6 is 22.9 Å². The Bertz CT molecular complexity index is 397. The van der Waals surface area contributed by atoms with E-state index in [0.717, 1.165) is 44.2 Å². The lowest BCUT2D eigenvalue weighted by atomic mass is 10.1. The van der Waals surface area contributed by atoms with Crippen molar-refractivity contribution < 1.29 is 4.74 Å². The molecule has 1 aromatic heterocycles. The van der Waals surface area contributed by atoms with Crippen LogP contribution in [0, 0.1) is 0 Å². The van der Waals surface area contributed by atoms with Gasteiger partial charge in [-0.3, -0.25) is 4.90 Å². The molecule has 2 unspecified atom stereocenters. The van der Waals surface area contributed by atoms with Crippen LogP contribution in [0.1, 0.15) is 37.6 Å². The summed E-state index contributed by atoms with van der Waals surface area (Å²) in [6.07, 6.45) is 2.50. The normalized spacial score (nSPS) is 22.1. The zero-order chi connectivity index (χ0) is 14.4. The Kier molecular flexibility index (Phi) is 6.78. The lowest BCUT2D eigenvalue weighted by Gasteiger charge is -2.37. The maximum Gasteiger partial charge on any atom is 0.0905 e. The van der Waals surface area contributed by atoms with Crippen LogP contribution in [-0.2, 0) is 4.74 Å².